The van der Waals surface area contributed by atoms with Gasteiger partial charge in [-0.05, 0) is 44.4 Å². The van der Waals surface area contributed by atoms with Crippen molar-refractivity contribution in [2.45, 2.75) is 37.8 Å². The fraction of sp³-hybridized carbons (Fsp3) is 0.474. The van der Waals surface area contributed by atoms with Crippen LogP contribution >= 0.6 is 0 Å². The number of likely N-dealkylation sites (tertiary alicyclic amines) is 1. The number of carbonyl (C=O) groups is 1. The number of nitrogens with one attached hydrogen (secondary N) is 1. The lowest BCUT2D eigenvalue weighted by molar-refractivity contribution is -0.0721. The molecule has 0 unspecified atom stereocenters. The minimum atomic E-state index is -0.288. The van der Waals surface area contributed by atoms with E-state index < -0.39 is 0 Å². The van der Waals surface area contributed by atoms with Gasteiger partial charge in [-0.1, -0.05) is 6.07 Å². The highest BCUT2D eigenvalue weighted by molar-refractivity contribution is 5.92. The molecule has 2 fully saturated rings. The number of nitrogens with zero attached hydrogens (tertiary/aromatic N) is 4. The smallest absolute Gasteiger partial charge is 0.272 e. The van der Waals surface area contributed by atoms with E-state index in [9.17, 15) is 4.79 Å². The number of carbonyl (C=O) groups excluding carboxylic acids is 1. The number of pyridine rings is 1. The van der Waals surface area contributed by atoms with Crippen LogP contribution in [0.4, 0.5) is 5.95 Å². The summed E-state index contributed by atoms with van der Waals surface area (Å²) >= 11 is 0. The summed E-state index contributed by atoms with van der Waals surface area (Å²) < 4.78 is 6.14. The fourth-order valence-corrected chi connectivity index (χ4v) is 3.83. The van der Waals surface area contributed by atoms with E-state index in [1.165, 1.54) is 0 Å². The standard InChI is InChI=1S/C19H23N5O2/c1-14-4-2-5-16(22-14)17(25)24-10-7-19(13-24)12-15(6-11-26-19)23-18-20-8-3-9-21-18/h2-5,8-9,15H,6-7,10-13H2,1H3,(H,20,21,23)/t15-,19-/m1/s1. The first kappa shape index (κ1) is 16.9. The minimum absolute atomic E-state index is 0.0179. The Morgan fingerprint density at radius 3 is 2.96 bits per heavy atom. The molecular formula is C19H23N5O2. The lowest BCUT2D eigenvalue weighted by Crippen LogP contribution is -2.47. The van der Waals surface area contributed by atoms with Gasteiger partial charge in [-0.15, -0.1) is 0 Å². The Morgan fingerprint density at radius 1 is 1.31 bits per heavy atom. The average Bonchev–Trinajstić information content (AvgIpc) is 3.05. The molecule has 0 bridgehead atoms. The van der Waals surface area contributed by atoms with Crippen LogP contribution in [0.1, 0.15) is 35.4 Å². The molecule has 1 N–H and O–H groups in total. The molecule has 2 aromatic heterocycles. The zero-order valence-electron chi connectivity index (χ0n) is 14.9. The third kappa shape index (κ3) is 3.53. The molecule has 1 spiro atoms. The Labute approximate surface area is 152 Å². The van der Waals surface area contributed by atoms with Crippen LogP contribution in [0.2, 0.25) is 0 Å². The summed E-state index contributed by atoms with van der Waals surface area (Å²) in [6.07, 6.45) is 6.06. The Bertz CT molecular complexity index is 785. The molecule has 0 saturated carbocycles. The van der Waals surface area contributed by atoms with Crippen LogP contribution in [0.15, 0.2) is 36.7 Å². The molecule has 2 aromatic rings. The molecule has 4 heterocycles. The quantitative estimate of drug-likeness (QED) is 0.910. The molecule has 2 aliphatic rings. The minimum Gasteiger partial charge on any atom is -0.373 e. The number of rotatable bonds is 3. The number of anilines is 1. The normalized spacial score (nSPS) is 25.4. The van der Waals surface area contributed by atoms with E-state index in [4.69, 9.17) is 4.74 Å². The molecule has 2 aliphatic heterocycles. The molecule has 7 nitrogen and oxygen atoms in total. The van der Waals surface area contributed by atoms with Crippen molar-refractivity contribution in [1.82, 2.24) is 19.9 Å². The predicted molar refractivity (Wildman–Crippen MR) is 96.9 cm³/mol. The first-order valence-corrected chi connectivity index (χ1v) is 9.04. The molecule has 2 atom stereocenters. The van der Waals surface area contributed by atoms with Gasteiger partial charge in [0.2, 0.25) is 5.95 Å². The van der Waals surface area contributed by atoms with Gasteiger partial charge in [-0.3, -0.25) is 4.79 Å². The third-order valence-corrected chi connectivity index (χ3v) is 5.10. The van der Waals surface area contributed by atoms with Crippen LogP contribution < -0.4 is 5.32 Å². The number of aryl methyl sites for hydroxylation is 1. The summed E-state index contributed by atoms with van der Waals surface area (Å²) in [5.41, 5.74) is 1.07. The number of hydrogen-bond donors (Lipinski definition) is 1. The maximum absolute atomic E-state index is 12.8. The zero-order chi connectivity index (χ0) is 18.0. The molecule has 7 heteroatoms. The van der Waals surface area contributed by atoms with Crippen LogP contribution in [0.3, 0.4) is 0 Å². The second-order valence-electron chi connectivity index (χ2n) is 7.08. The summed E-state index contributed by atoms with van der Waals surface area (Å²) in [7, 11) is 0. The van der Waals surface area contributed by atoms with Gasteiger partial charge < -0.3 is 15.0 Å². The first-order chi connectivity index (χ1) is 12.6. The van der Waals surface area contributed by atoms with Gasteiger partial charge in [0.25, 0.3) is 5.91 Å². The molecule has 2 saturated heterocycles. The highest BCUT2D eigenvalue weighted by atomic mass is 16.5. The van der Waals surface area contributed by atoms with Crippen LogP contribution in [-0.2, 0) is 4.74 Å². The van der Waals surface area contributed by atoms with Crippen molar-refractivity contribution in [2.24, 2.45) is 0 Å². The highest BCUT2D eigenvalue weighted by Crippen LogP contribution is 2.35. The second kappa shape index (κ2) is 6.99. The Morgan fingerprint density at radius 2 is 2.15 bits per heavy atom. The van der Waals surface area contributed by atoms with Crippen LogP contribution in [0.25, 0.3) is 0 Å². The Balaban J connectivity index is 1.42. The van der Waals surface area contributed by atoms with E-state index in [2.05, 4.69) is 20.3 Å². The van der Waals surface area contributed by atoms with E-state index in [0.717, 1.165) is 25.0 Å². The summed E-state index contributed by atoms with van der Waals surface area (Å²) in [6.45, 7) is 3.88. The van der Waals surface area contributed by atoms with Gasteiger partial charge in [-0.2, -0.15) is 0 Å². The van der Waals surface area contributed by atoms with E-state index in [0.29, 0.717) is 31.3 Å². The average molecular weight is 353 g/mol. The number of aromatic nitrogens is 3. The molecular weight excluding hydrogens is 330 g/mol. The summed E-state index contributed by atoms with van der Waals surface area (Å²) in [5, 5.41) is 3.40. The van der Waals surface area contributed by atoms with Crippen LogP contribution in [0, 0.1) is 6.92 Å². The van der Waals surface area contributed by atoms with Gasteiger partial charge in [0.05, 0.1) is 12.1 Å². The maximum Gasteiger partial charge on any atom is 0.272 e. The predicted octanol–water partition coefficient (Wildman–Crippen LogP) is 2.06. The Hall–Kier alpha value is -2.54. The van der Waals surface area contributed by atoms with Crippen molar-refractivity contribution < 1.29 is 9.53 Å². The van der Waals surface area contributed by atoms with Crippen molar-refractivity contribution in [2.75, 3.05) is 25.0 Å². The molecule has 1 amide bonds. The lowest BCUT2D eigenvalue weighted by Gasteiger charge is -2.38. The highest BCUT2D eigenvalue weighted by Gasteiger charge is 2.45. The van der Waals surface area contributed by atoms with E-state index in [-0.39, 0.29) is 17.6 Å². The molecule has 136 valence electrons. The number of ether oxygens (including phenoxy) is 1. The first-order valence-electron chi connectivity index (χ1n) is 9.04. The zero-order valence-corrected chi connectivity index (χ0v) is 14.9. The molecule has 4 rings (SSSR count). The molecule has 26 heavy (non-hydrogen) atoms. The SMILES string of the molecule is Cc1cccc(C(=O)N2CC[C@@]3(C[C@H](Nc4ncccn4)CCO3)C2)n1. The molecule has 0 radical (unpaired) electrons. The van der Waals surface area contributed by atoms with Crippen molar-refractivity contribution in [3.05, 3.63) is 48.0 Å². The van der Waals surface area contributed by atoms with E-state index in [1.54, 1.807) is 24.5 Å². The maximum atomic E-state index is 12.8. The van der Waals surface area contributed by atoms with Gasteiger partial charge >= 0.3 is 0 Å². The summed E-state index contributed by atoms with van der Waals surface area (Å²) in [6, 6.07) is 7.60. The van der Waals surface area contributed by atoms with Gasteiger partial charge in [0.15, 0.2) is 0 Å². The topological polar surface area (TPSA) is 80.2 Å². The molecule has 0 aliphatic carbocycles. The van der Waals surface area contributed by atoms with Crippen molar-refractivity contribution in [3.63, 3.8) is 0 Å². The second-order valence-corrected chi connectivity index (χ2v) is 7.08. The van der Waals surface area contributed by atoms with Crippen molar-refractivity contribution in [3.8, 4) is 0 Å². The van der Waals surface area contributed by atoms with Crippen LogP contribution in [-0.4, -0.2) is 57.1 Å². The van der Waals surface area contributed by atoms with E-state index in [1.807, 2.05) is 24.0 Å². The van der Waals surface area contributed by atoms with E-state index >= 15 is 0 Å². The largest absolute Gasteiger partial charge is 0.373 e. The summed E-state index contributed by atoms with van der Waals surface area (Å²) in [5.74, 6) is 0.625. The third-order valence-electron chi connectivity index (χ3n) is 5.10. The number of amides is 1. The fourth-order valence-electron chi connectivity index (χ4n) is 3.83. The van der Waals surface area contributed by atoms with Crippen molar-refractivity contribution >= 4 is 11.9 Å². The number of hydrogen-bond acceptors (Lipinski definition) is 6. The van der Waals surface area contributed by atoms with Crippen molar-refractivity contribution in [1.29, 1.82) is 0 Å². The Kier molecular flexibility index (Phi) is 4.55. The van der Waals surface area contributed by atoms with Gasteiger partial charge in [-0.25, -0.2) is 15.0 Å². The lowest BCUT2D eigenvalue weighted by atomic mass is 9.89. The monoisotopic (exact) mass is 353 g/mol. The molecule has 0 aromatic carbocycles. The van der Waals surface area contributed by atoms with Crippen LogP contribution in [0.5, 0.6) is 0 Å². The summed E-state index contributed by atoms with van der Waals surface area (Å²) in [4.78, 5) is 27.5. The van der Waals surface area contributed by atoms with Gasteiger partial charge in [0.1, 0.15) is 5.69 Å². The van der Waals surface area contributed by atoms with Gasteiger partial charge in [0, 0.05) is 37.3 Å².